The molecule has 0 saturated heterocycles. The number of hydrogen-bond acceptors (Lipinski definition) is 6. The number of anilines is 2. The molecule has 0 aromatic heterocycles. The highest BCUT2D eigenvalue weighted by Gasteiger charge is 2.52. The van der Waals surface area contributed by atoms with Crippen LogP contribution in [-0.2, 0) is 33.1 Å². The van der Waals surface area contributed by atoms with E-state index in [0.717, 1.165) is 11.1 Å². The first-order valence-electron chi connectivity index (χ1n) is 14.0. The second-order valence-corrected chi connectivity index (χ2v) is 10.5. The highest BCUT2D eigenvalue weighted by atomic mass is 16.3. The Morgan fingerprint density at radius 3 is 2.40 bits per heavy atom. The number of fused-ring (bicyclic) bond motifs is 1. The molecule has 220 valence electrons. The van der Waals surface area contributed by atoms with Crippen LogP contribution < -0.4 is 10.2 Å². The molecule has 0 saturated carbocycles. The van der Waals surface area contributed by atoms with E-state index in [9.17, 15) is 29.7 Å². The van der Waals surface area contributed by atoms with E-state index in [2.05, 4.69) is 5.32 Å². The third-order valence-corrected chi connectivity index (χ3v) is 7.41. The van der Waals surface area contributed by atoms with Gasteiger partial charge >= 0.3 is 0 Å². The fourth-order valence-electron chi connectivity index (χ4n) is 5.09. The molecule has 42 heavy (non-hydrogen) atoms. The molecule has 0 spiro atoms. The minimum atomic E-state index is -1.84. The maximum Gasteiger partial charge on any atom is 0.264 e. The molecule has 0 aliphatic carbocycles. The highest BCUT2D eigenvalue weighted by molar-refractivity contribution is 6.07. The number of nitrogens with one attached hydrogen (secondary N) is 1. The fraction of sp³-hybridized carbons (Fsp3) is 0.303. The van der Waals surface area contributed by atoms with Gasteiger partial charge in [0.1, 0.15) is 6.10 Å². The average Bonchev–Trinajstić information content (AvgIpc) is 3.20. The predicted octanol–water partition coefficient (Wildman–Crippen LogP) is 3.34. The summed E-state index contributed by atoms with van der Waals surface area (Å²) in [5, 5.41) is 33.5. The SMILES string of the molecule is C[C@H](O)C(=O)Nc1cccc(CN2C(=O)[C@@](O)([C@@H](C)/C=C/CC(=O)N(CCO)Cc3ccccc3)c3ccccc32)c1. The van der Waals surface area contributed by atoms with Crippen molar-refractivity contribution in [3.8, 4) is 0 Å². The lowest BCUT2D eigenvalue weighted by Gasteiger charge is -2.28. The molecule has 4 rings (SSSR count). The number of hydrogen-bond donors (Lipinski definition) is 4. The Balaban J connectivity index is 1.49. The second-order valence-electron chi connectivity index (χ2n) is 10.5. The van der Waals surface area contributed by atoms with Gasteiger partial charge in [0.15, 0.2) is 5.60 Å². The van der Waals surface area contributed by atoms with E-state index in [1.807, 2.05) is 36.4 Å². The Morgan fingerprint density at radius 2 is 1.69 bits per heavy atom. The Bertz CT molecular complexity index is 1440. The lowest BCUT2D eigenvalue weighted by atomic mass is 9.83. The van der Waals surface area contributed by atoms with Crippen LogP contribution in [0.3, 0.4) is 0 Å². The van der Waals surface area contributed by atoms with Crippen LogP contribution in [0.2, 0.25) is 0 Å². The Hall–Kier alpha value is -4.31. The summed E-state index contributed by atoms with van der Waals surface area (Å²) in [4.78, 5) is 41.8. The largest absolute Gasteiger partial charge is 0.395 e. The molecule has 0 fully saturated rings. The molecule has 3 aromatic carbocycles. The van der Waals surface area contributed by atoms with Gasteiger partial charge in [-0.15, -0.1) is 0 Å². The molecule has 0 unspecified atom stereocenters. The van der Waals surface area contributed by atoms with Crippen molar-refractivity contribution in [2.24, 2.45) is 5.92 Å². The predicted molar refractivity (Wildman–Crippen MR) is 160 cm³/mol. The summed E-state index contributed by atoms with van der Waals surface area (Å²) in [6, 6.07) is 23.6. The van der Waals surface area contributed by atoms with E-state index in [-0.39, 0.29) is 32.0 Å². The van der Waals surface area contributed by atoms with Crippen molar-refractivity contribution >= 4 is 29.1 Å². The van der Waals surface area contributed by atoms with Crippen molar-refractivity contribution in [3.05, 3.63) is 108 Å². The summed E-state index contributed by atoms with van der Waals surface area (Å²) in [6.45, 7) is 3.68. The number of para-hydroxylation sites is 1. The Kier molecular flexibility index (Phi) is 9.90. The van der Waals surface area contributed by atoms with Gasteiger partial charge in [0.25, 0.3) is 11.8 Å². The molecule has 3 atom stereocenters. The smallest absolute Gasteiger partial charge is 0.264 e. The quantitative estimate of drug-likeness (QED) is 0.247. The average molecular weight is 572 g/mol. The van der Waals surface area contributed by atoms with Crippen molar-refractivity contribution in [1.29, 1.82) is 0 Å². The molecule has 3 aromatic rings. The van der Waals surface area contributed by atoms with E-state index >= 15 is 0 Å². The van der Waals surface area contributed by atoms with Crippen LogP contribution in [0.15, 0.2) is 91.0 Å². The summed E-state index contributed by atoms with van der Waals surface area (Å²) in [5.74, 6) is -1.86. The van der Waals surface area contributed by atoms with E-state index in [1.165, 1.54) is 11.8 Å². The van der Waals surface area contributed by atoms with Gasteiger partial charge in [0.05, 0.1) is 18.8 Å². The van der Waals surface area contributed by atoms with Crippen LogP contribution in [0.25, 0.3) is 0 Å². The van der Waals surface area contributed by atoms with Crippen molar-refractivity contribution in [2.75, 3.05) is 23.4 Å². The maximum absolute atomic E-state index is 13.8. The third-order valence-electron chi connectivity index (χ3n) is 7.41. The van der Waals surface area contributed by atoms with E-state index in [1.54, 1.807) is 66.4 Å². The Morgan fingerprint density at radius 1 is 1.00 bits per heavy atom. The number of nitrogens with zero attached hydrogens (tertiary/aromatic N) is 2. The molecule has 9 nitrogen and oxygen atoms in total. The molecule has 9 heteroatoms. The minimum absolute atomic E-state index is 0.0533. The van der Waals surface area contributed by atoms with Crippen LogP contribution in [0.4, 0.5) is 11.4 Å². The summed E-state index contributed by atoms with van der Waals surface area (Å²) in [7, 11) is 0. The summed E-state index contributed by atoms with van der Waals surface area (Å²) in [6.07, 6.45) is 2.23. The Labute approximate surface area is 245 Å². The van der Waals surface area contributed by atoms with Crippen LogP contribution in [0.5, 0.6) is 0 Å². The van der Waals surface area contributed by atoms with Gasteiger partial charge in [-0.2, -0.15) is 0 Å². The number of aliphatic hydroxyl groups excluding tert-OH is 2. The van der Waals surface area contributed by atoms with Gasteiger partial charge in [-0.25, -0.2) is 0 Å². The van der Waals surface area contributed by atoms with Crippen LogP contribution in [-0.4, -0.2) is 57.2 Å². The topological polar surface area (TPSA) is 130 Å². The molecular weight excluding hydrogens is 534 g/mol. The molecule has 1 heterocycles. The van der Waals surface area contributed by atoms with Crippen LogP contribution in [0.1, 0.15) is 37.0 Å². The zero-order chi connectivity index (χ0) is 30.3. The molecular formula is C33H37N3O6. The summed E-state index contributed by atoms with van der Waals surface area (Å²) < 4.78 is 0. The maximum atomic E-state index is 13.8. The summed E-state index contributed by atoms with van der Waals surface area (Å²) in [5.41, 5.74) is 1.37. The van der Waals surface area contributed by atoms with E-state index in [4.69, 9.17) is 0 Å². The highest BCUT2D eigenvalue weighted by Crippen LogP contribution is 2.45. The lowest BCUT2D eigenvalue weighted by Crippen LogP contribution is -2.44. The van der Waals surface area contributed by atoms with Crippen LogP contribution in [0, 0.1) is 5.92 Å². The van der Waals surface area contributed by atoms with Crippen molar-refractivity contribution in [3.63, 3.8) is 0 Å². The minimum Gasteiger partial charge on any atom is -0.395 e. The van der Waals surface area contributed by atoms with Gasteiger partial charge in [-0.3, -0.25) is 14.4 Å². The zero-order valence-electron chi connectivity index (χ0n) is 23.8. The molecule has 0 bridgehead atoms. The number of carbonyl (C=O) groups excluding carboxylic acids is 3. The third kappa shape index (κ3) is 6.76. The first-order valence-corrected chi connectivity index (χ1v) is 14.0. The second kappa shape index (κ2) is 13.6. The van der Waals surface area contributed by atoms with E-state index < -0.39 is 29.4 Å². The van der Waals surface area contributed by atoms with Crippen molar-refractivity contribution < 1.29 is 29.7 Å². The number of benzene rings is 3. The number of aliphatic hydroxyl groups is 3. The molecule has 1 aliphatic rings. The van der Waals surface area contributed by atoms with E-state index in [0.29, 0.717) is 23.5 Å². The molecule has 0 radical (unpaired) electrons. The molecule has 3 amide bonds. The van der Waals surface area contributed by atoms with Gasteiger partial charge in [0, 0.05) is 36.7 Å². The molecule has 4 N–H and O–H groups in total. The van der Waals surface area contributed by atoms with Crippen LogP contribution >= 0.6 is 0 Å². The van der Waals surface area contributed by atoms with Gasteiger partial charge in [-0.05, 0) is 36.2 Å². The standard InChI is InChI=1S/C33H37N3O6/c1-23(10-8-17-30(39)35(18-19-37)21-25-11-4-3-5-12-25)33(42)28-15-6-7-16-29(28)36(32(33)41)22-26-13-9-14-27(20-26)34-31(40)24(2)38/h3-16,20,23-24,37-38,42H,17-19,21-22H2,1-2H3,(H,34,40)/b10-8+/t23-,24-,33+/m0/s1. The first-order chi connectivity index (χ1) is 20.1. The number of amides is 3. The van der Waals surface area contributed by atoms with Gasteiger partial charge in [0.2, 0.25) is 5.91 Å². The monoisotopic (exact) mass is 571 g/mol. The van der Waals surface area contributed by atoms with Crippen molar-refractivity contribution in [2.45, 2.75) is 45.1 Å². The lowest BCUT2D eigenvalue weighted by molar-refractivity contribution is -0.139. The molecule has 1 aliphatic heterocycles. The van der Waals surface area contributed by atoms with Gasteiger partial charge < -0.3 is 30.4 Å². The number of rotatable bonds is 12. The van der Waals surface area contributed by atoms with Gasteiger partial charge in [-0.1, -0.05) is 79.7 Å². The van der Waals surface area contributed by atoms with Crippen molar-refractivity contribution in [1.82, 2.24) is 4.90 Å². The normalized spacial score (nSPS) is 17.6. The number of carbonyl (C=O) groups is 3. The summed E-state index contributed by atoms with van der Waals surface area (Å²) >= 11 is 0. The fourth-order valence-corrected chi connectivity index (χ4v) is 5.09. The first kappa shape index (κ1) is 30.6. The zero-order valence-corrected chi connectivity index (χ0v) is 23.8.